The van der Waals surface area contributed by atoms with E-state index < -0.39 is 0 Å². The van der Waals surface area contributed by atoms with E-state index >= 15 is 0 Å². The van der Waals surface area contributed by atoms with Crippen LogP contribution in [0.3, 0.4) is 0 Å². The van der Waals surface area contributed by atoms with Crippen LogP contribution in [-0.2, 0) is 9.53 Å². The molecule has 2 N–H and O–H groups in total. The summed E-state index contributed by atoms with van der Waals surface area (Å²) in [6, 6.07) is 5.47. The molecule has 1 aromatic rings. The second kappa shape index (κ2) is 7.24. The number of ether oxygens (including phenoxy) is 1. The molecule has 0 heterocycles. The van der Waals surface area contributed by atoms with E-state index in [2.05, 4.69) is 17.6 Å². The molecule has 0 spiro atoms. The van der Waals surface area contributed by atoms with Crippen molar-refractivity contribution >= 4 is 28.9 Å². The smallest absolute Gasteiger partial charge is 0.221 e. The number of anilines is 2. The second-order valence-corrected chi connectivity index (χ2v) is 4.72. The van der Waals surface area contributed by atoms with Crippen LogP contribution in [0.5, 0.6) is 0 Å². The highest BCUT2D eigenvalue weighted by Gasteiger charge is 2.05. The molecule has 1 aromatic carbocycles. The maximum atomic E-state index is 10.9. The standard InChI is InChI=1S/C13H19ClN2O2/c1-9(8-18-3)7-15-11-4-5-13(12(14)6-11)16-10(2)17/h4-6,9,15H,7-8H2,1-3H3,(H,16,17). The lowest BCUT2D eigenvalue weighted by atomic mass is 10.2. The highest BCUT2D eigenvalue weighted by atomic mass is 35.5. The van der Waals surface area contributed by atoms with Gasteiger partial charge in [-0.2, -0.15) is 0 Å². The molecule has 100 valence electrons. The first-order valence-corrected chi connectivity index (χ1v) is 6.20. The molecular weight excluding hydrogens is 252 g/mol. The van der Waals surface area contributed by atoms with Crippen LogP contribution in [0.4, 0.5) is 11.4 Å². The average Bonchev–Trinajstić information content (AvgIpc) is 2.29. The van der Waals surface area contributed by atoms with Gasteiger partial charge < -0.3 is 15.4 Å². The van der Waals surface area contributed by atoms with Gasteiger partial charge in [0.25, 0.3) is 0 Å². The van der Waals surface area contributed by atoms with Crippen LogP contribution >= 0.6 is 11.6 Å². The summed E-state index contributed by atoms with van der Waals surface area (Å²) in [6.45, 7) is 5.08. The Morgan fingerprint density at radius 3 is 2.78 bits per heavy atom. The number of hydrogen-bond acceptors (Lipinski definition) is 3. The molecule has 0 aliphatic heterocycles. The Kier molecular flexibility index (Phi) is 5.95. The van der Waals surface area contributed by atoms with E-state index in [1.54, 1.807) is 19.2 Å². The zero-order valence-electron chi connectivity index (χ0n) is 10.9. The minimum absolute atomic E-state index is 0.133. The minimum atomic E-state index is -0.133. The molecular formula is C13H19ClN2O2. The molecule has 0 bridgehead atoms. The summed E-state index contributed by atoms with van der Waals surface area (Å²) in [6.07, 6.45) is 0. The van der Waals surface area contributed by atoms with Gasteiger partial charge in [0.1, 0.15) is 0 Å². The Balaban J connectivity index is 2.58. The van der Waals surface area contributed by atoms with Crippen LogP contribution < -0.4 is 10.6 Å². The fraction of sp³-hybridized carbons (Fsp3) is 0.462. The van der Waals surface area contributed by atoms with Crippen molar-refractivity contribution in [2.45, 2.75) is 13.8 Å². The summed E-state index contributed by atoms with van der Waals surface area (Å²) in [5, 5.41) is 6.46. The zero-order chi connectivity index (χ0) is 13.5. The molecule has 1 amide bonds. The Morgan fingerprint density at radius 2 is 2.22 bits per heavy atom. The molecule has 1 atom stereocenters. The van der Waals surface area contributed by atoms with Crippen LogP contribution in [0, 0.1) is 5.92 Å². The lowest BCUT2D eigenvalue weighted by Gasteiger charge is -2.13. The second-order valence-electron chi connectivity index (χ2n) is 4.32. The summed E-state index contributed by atoms with van der Waals surface area (Å²) in [5.74, 6) is 0.287. The van der Waals surface area contributed by atoms with E-state index in [0.717, 1.165) is 12.2 Å². The van der Waals surface area contributed by atoms with E-state index in [0.29, 0.717) is 23.2 Å². The first-order valence-electron chi connectivity index (χ1n) is 5.83. The van der Waals surface area contributed by atoms with Crippen molar-refractivity contribution in [3.05, 3.63) is 23.2 Å². The topological polar surface area (TPSA) is 50.4 Å². The number of hydrogen-bond donors (Lipinski definition) is 2. The van der Waals surface area contributed by atoms with Gasteiger partial charge >= 0.3 is 0 Å². The number of amides is 1. The highest BCUT2D eigenvalue weighted by molar-refractivity contribution is 6.34. The molecule has 5 heteroatoms. The number of carbonyl (C=O) groups is 1. The number of benzene rings is 1. The fourth-order valence-electron chi connectivity index (χ4n) is 1.55. The fourth-order valence-corrected chi connectivity index (χ4v) is 1.78. The molecule has 0 aromatic heterocycles. The summed E-state index contributed by atoms with van der Waals surface area (Å²) in [7, 11) is 1.69. The molecule has 0 saturated heterocycles. The van der Waals surface area contributed by atoms with Crippen LogP contribution in [0.2, 0.25) is 5.02 Å². The van der Waals surface area contributed by atoms with Crippen molar-refractivity contribution in [3.8, 4) is 0 Å². The van der Waals surface area contributed by atoms with Gasteiger partial charge in [0, 0.05) is 26.3 Å². The normalized spacial score (nSPS) is 12.0. The van der Waals surface area contributed by atoms with Gasteiger partial charge in [-0.1, -0.05) is 18.5 Å². The Hall–Kier alpha value is -1.26. The predicted octanol–water partition coefficient (Wildman–Crippen LogP) is 2.99. The van der Waals surface area contributed by atoms with Crippen LogP contribution in [0.25, 0.3) is 0 Å². The van der Waals surface area contributed by atoms with Crippen LogP contribution in [-0.4, -0.2) is 26.2 Å². The van der Waals surface area contributed by atoms with E-state index in [-0.39, 0.29) is 5.91 Å². The third kappa shape index (κ3) is 4.94. The molecule has 0 radical (unpaired) electrons. The largest absolute Gasteiger partial charge is 0.385 e. The van der Waals surface area contributed by atoms with Crippen molar-refractivity contribution < 1.29 is 9.53 Å². The van der Waals surface area contributed by atoms with Crippen LogP contribution in [0.1, 0.15) is 13.8 Å². The number of methoxy groups -OCH3 is 1. The number of rotatable bonds is 6. The van der Waals surface area contributed by atoms with Gasteiger partial charge in [-0.05, 0) is 24.1 Å². The third-order valence-electron chi connectivity index (χ3n) is 2.39. The van der Waals surface area contributed by atoms with Crippen LogP contribution in [0.15, 0.2) is 18.2 Å². The predicted molar refractivity (Wildman–Crippen MR) is 75.3 cm³/mol. The Morgan fingerprint density at radius 1 is 1.50 bits per heavy atom. The number of halogens is 1. The maximum Gasteiger partial charge on any atom is 0.221 e. The summed E-state index contributed by atoms with van der Waals surface area (Å²) < 4.78 is 5.07. The van der Waals surface area contributed by atoms with E-state index in [9.17, 15) is 4.79 Å². The monoisotopic (exact) mass is 270 g/mol. The molecule has 1 rings (SSSR count). The molecule has 0 saturated carbocycles. The SMILES string of the molecule is COCC(C)CNc1ccc(NC(C)=O)c(Cl)c1. The van der Waals surface area contributed by atoms with Crippen molar-refractivity contribution in [3.63, 3.8) is 0 Å². The van der Waals surface area contributed by atoms with E-state index in [4.69, 9.17) is 16.3 Å². The summed E-state index contributed by atoms with van der Waals surface area (Å²) in [4.78, 5) is 10.9. The third-order valence-corrected chi connectivity index (χ3v) is 2.70. The zero-order valence-corrected chi connectivity index (χ0v) is 11.7. The Labute approximate surface area is 113 Å². The molecule has 0 aliphatic carbocycles. The lowest BCUT2D eigenvalue weighted by molar-refractivity contribution is -0.114. The molecule has 4 nitrogen and oxygen atoms in total. The maximum absolute atomic E-state index is 10.9. The van der Waals surface area contributed by atoms with Gasteiger partial charge in [0.15, 0.2) is 0 Å². The van der Waals surface area contributed by atoms with Gasteiger partial charge in [0.05, 0.1) is 17.3 Å². The van der Waals surface area contributed by atoms with Gasteiger partial charge in [0.2, 0.25) is 5.91 Å². The summed E-state index contributed by atoms with van der Waals surface area (Å²) in [5.41, 5.74) is 1.55. The van der Waals surface area contributed by atoms with Gasteiger partial charge in [-0.3, -0.25) is 4.79 Å². The lowest BCUT2D eigenvalue weighted by Crippen LogP contribution is -2.15. The quantitative estimate of drug-likeness (QED) is 0.835. The molecule has 0 fully saturated rings. The van der Waals surface area contributed by atoms with Gasteiger partial charge in [-0.15, -0.1) is 0 Å². The van der Waals surface area contributed by atoms with Gasteiger partial charge in [-0.25, -0.2) is 0 Å². The molecule has 18 heavy (non-hydrogen) atoms. The highest BCUT2D eigenvalue weighted by Crippen LogP contribution is 2.25. The van der Waals surface area contributed by atoms with Crippen molar-refractivity contribution in [2.75, 3.05) is 30.9 Å². The summed E-state index contributed by atoms with van der Waals surface area (Å²) >= 11 is 6.07. The van der Waals surface area contributed by atoms with E-state index in [1.807, 2.05) is 6.07 Å². The first kappa shape index (κ1) is 14.8. The van der Waals surface area contributed by atoms with E-state index in [1.165, 1.54) is 6.92 Å². The van der Waals surface area contributed by atoms with Crippen molar-refractivity contribution in [1.82, 2.24) is 0 Å². The number of nitrogens with one attached hydrogen (secondary N) is 2. The minimum Gasteiger partial charge on any atom is -0.385 e. The van der Waals surface area contributed by atoms with Crippen molar-refractivity contribution in [1.29, 1.82) is 0 Å². The number of carbonyl (C=O) groups excluding carboxylic acids is 1. The molecule has 0 aliphatic rings. The average molecular weight is 271 g/mol. The molecule has 1 unspecified atom stereocenters. The first-order chi connectivity index (χ1) is 8.52. The Bertz CT molecular complexity index is 410. The van der Waals surface area contributed by atoms with Crippen molar-refractivity contribution in [2.24, 2.45) is 5.92 Å².